The van der Waals surface area contributed by atoms with Gasteiger partial charge in [-0.05, 0) is 49.8 Å². The Balaban J connectivity index is 1.66. The van der Waals surface area contributed by atoms with Crippen LogP contribution in [0.15, 0.2) is 70.7 Å². The summed E-state index contributed by atoms with van der Waals surface area (Å²) in [5.41, 5.74) is 0.406. The topological polar surface area (TPSA) is 132 Å². The fourth-order valence-electron chi connectivity index (χ4n) is 3.75. The van der Waals surface area contributed by atoms with Crippen LogP contribution in [0, 0.1) is 10.1 Å². The molecule has 10 heteroatoms. The molecule has 1 aromatic heterocycles. The van der Waals surface area contributed by atoms with Gasteiger partial charge in [0.05, 0.1) is 29.2 Å². The van der Waals surface area contributed by atoms with Gasteiger partial charge in [-0.15, -0.1) is 0 Å². The van der Waals surface area contributed by atoms with Crippen LogP contribution in [-0.2, 0) is 9.59 Å². The lowest BCUT2D eigenvalue weighted by atomic mass is 10.0. The summed E-state index contributed by atoms with van der Waals surface area (Å²) in [7, 11) is 0. The number of nitro benzene ring substituents is 1. The Morgan fingerprint density at radius 2 is 1.86 bits per heavy atom. The van der Waals surface area contributed by atoms with E-state index in [0.29, 0.717) is 17.9 Å². The Kier molecular flexibility index (Phi) is 6.45. The van der Waals surface area contributed by atoms with Gasteiger partial charge in [0.25, 0.3) is 17.5 Å². The minimum Gasteiger partial charge on any atom is -0.494 e. The highest BCUT2D eigenvalue weighted by Crippen LogP contribution is 2.35. The third-order valence-corrected chi connectivity index (χ3v) is 5.46. The summed E-state index contributed by atoms with van der Waals surface area (Å²) in [6.45, 7) is 3.80. The number of amides is 4. The number of imide groups is 2. The first-order valence-corrected chi connectivity index (χ1v) is 10.8. The molecule has 0 bridgehead atoms. The second-order valence-corrected chi connectivity index (χ2v) is 7.65. The fraction of sp³-hybridized carbons (Fsp3) is 0.160. The predicted octanol–water partition coefficient (Wildman–Crippen LogP) is 4.48. The first-order valence-electron chi connectivity index (χ1n) is 10.8. The number of ether oxygens (including phenoxy) is 1. The largest absolute Gasteiger partial charge is 0.494 e. The highest BCUT2D eigenvalue weighted by atomic mass is 16.6. The van der Waals surface area contributed by atoms with Crippen molar-refractivity contribution in [2.75, 3.05) is 6.61 Å². The van der Waals surface area contributed by atoms with Gasteiger partial charge in [-0.2, -0.15) is 0 Å². The van der Waals surface area contributed by atoms with Gasteiger partial charge in [-0.25, -0.2) is 4.79 Å². The molecule has 4 rings (SSSR count). The minimum atomic E-state index is -0.860. The van der Waals surface area contributed by atoms with Crippen LogP contribution in [0.2, 0.25) is 0 Å². The Bertz CT molecular complexity index is 1340. The lowest BCUT2D eigenvalue weighted by Gasteiger charge is -2.31. The van der Waals surface area contributed by atoms with Gasteiger partial charge in [0, 0.05) is 0 Å². The van der Waals surface area contributed by atoms with Crippen LogP contribution in [0.4, 0.5) is 10.5 Å². The first kappa shape index (κ1) is 23.4. The zero-order chi connectivity index (χ0) is 25.1. The number of nitrogens with one attached hydrogen (secondary N) is 1. The van der Waals surface area contributed by atoms with Crippen LogP contribution >= 0.6 is 0 Å². The van der Waals surface area contributed by atoms with Crippen LogP contribution in [0.5, 0.6) is 5.75 Å². The van der Waals surface area contributed by atoms with E-state index in [1.165, 1.54) is 30.3 Å². The number of hydrogen-bond donors (Lipinski definition) is 1. The van der Waals surface area contributed by atoms with Gasteiger partial charge in [0.1, 0.15) is 22.8 Å². The maximum absolute atomic E-state index is 13.1. The number of benzene rings is 2. The maximum Gasteiger partial charge on any atom is 0.331 e. The van der Waals surface area contributed by atoms with Crippen LogP contribution in [-0.4, -0.2) is 34.3 Å². The summed E-state index contributed by atoms with van der Waals surface area (Å²) < 4.78 is 11.0. The molecule has 2 aromatic carbocycles. The molecule has 1 aliphatic rings. The van der Waals surface area contributed by atoms with Crippen molar-refractivity contribution in [3.8, 4) is 17.1 Å². The van der Waals surface area contributed by atoms with Crippen molar-refractivity contribution in [2.45, 2.75) is 19.9 Å². The Hall–Kier alpha value is -4.73. The normalized spacial score (nSPS) is 15.8. The minimum absolute atomic E-state index is 0.114. The van der Waals surface area contributed by atoms with Crippen molar-refractivity contribution >= 4 is 29.6 Å². The lowest BCUT2D eigenvalue weighted by Crippen LogP contribution is -2.54. The van der Waals surface area contributed by atoms with Gasteiger partial charge in [-0.1, -0.05) is 30.3 Å². The highest BCUT2D eigenvalue weighted by Gasteiger charge is 2.39. The van der Waals surface area contributed by atoms with E-state index >= 15 is 0 Å². The number of barbiturate groups is 1. The van der Waals surface area contributed by atoms with E-state index in [1.807, 2.05) is 6.07 Å². The number of carbonyl (C=O) groups is 3. The molecular formula is C25H21N3O7. The summed E-state index contributed by atoms with van der Waals surface area (Å²) in [5, 5.41) is 13.7. The molecule has 0 saturated carbocycles. The molecule has 4 amide bonds. The van der Waals surface area contributed by atoms with E-state index in [9.17, 15) is 24.5 Å². The Morgan fingerprint density at radius 1 is 1.11 bits per heavy atom. The first-order chi connectivity index (χ1) is 16.8. The molecular weight excluding hydrogens is 454 g/mol. The molecule has 35 heavy (non-hydrogen) atoms. The van der Waals surface area contributed by atoms with Crippen molar-refractivity contribution < 1.29 is 28.5 Å². The zero-order valence-corrected chi connectivity index (χ0v) is 18.9. The molecule has 1 aliphatic heterocycles. The summed E-state index contributed by atoms with van der Waals surface area (Å²) in [6.07, 6.45) is 1.21. The number of nitrogens with zero attached hydrogens (tertiary/aromatic N) is 2. The highest BCUT2D eigenvalue weighted by molar-refractivity contribution is 6.31. The standard InChI is InChI=1S/C25H21N3O7/c1-3-34-17-9-11-19(21(14-17)28(32)33)22-12-10-18(35-22)13-20-23(29)26-25(31)27(24(20)30)15(2)16-7-5-4-6-8-16/h4-15H,3H2,1-2H3,(H,26,29,31)/b20-13-. The van der Waals surface area contributed by atoms with Crippen LogP contribution in [0.3, 0.4) is 0 Å². The average Bonchev–Trinajstić information content (AvgIpc) is 3.31. The van der Waals surface area contributed by atoms with Gasteiger partial charge in [-0.3, -0.25) is 29.9 Å². The van der Waals surface area contributed by atoms with E-state index in [-0.39, 0.29) is 28.3 Å². The number of carbonyl (C=O) groups excluding carboxylic acids is 3. The van der Waals surface area contributed by atoms with E-state index in [1.54, 1.807) is 44.2 Å². The lowest BCUT2D eigenvalue weighted by molar-refractivity contribution is -0.384. The van der Waals surface area contributed by atoms with Gasteiger partial charge < -0.3 is 9.15 Å². The molecule has 2 heterocycles. The number of nitro groups is 1. The van der Waals surface area contributed by atoms with Crippen molar-refractivity contribution in [1.29, 1.82) is 0 Å². The third-order valence-electron chi connectivity index (χ3n) is 5.46. The van der Waals surface area contributed by atoms with E-state index in [0.717, 1.165) is 4.90 Å². The third kappa shape index (κ3) is 4.67. The molecule has 3 aromatic rings. The Morgan fingerprint density at radius 3 is 2.54 bits per heavy atom. The van der Waals surface area contributed by atoms with Crippen molar-refractivity contribution in [3.05, 3.63) is 87.7 Å². The second kappa shape index (κ2) is 9.64. The number of rotatable bonds is 7. The SMILES string of the molecule is CCOc1ccc(-c2ccc(/C=C3/C(=O)NC(=O)N(C(C)c4ccccc4)C3=O)o2)c([N+](=O)[O-])c1. The molecule has 1 N–H and O–H groups in total. The number of hydrogen-bond acceptors (Lipinski definition) is 7. The van der Waals surface area contributed by atoms with E-state index < -0.39 is 28.8 Å². The van der Waals surface area contributed by atoms with Crippen molar-refractivity contribution in [2.24, 2.45) is 0 Å². The van der Waals surface area contributed by atoms with Crippen LogP contribution < -0.4 is 10.1 Å². The summed E-state index contributed by atoms with van der Waals surface area (Å²) >= 11 is 0. The second-order valence-electron chi connectivity index (χ2n) is 7.65. The van der Waals surface area contributed by atoms with Gasteiger partial charge in [0.2, 0.25) is 0 Å². The molecule has 1 unspecified atom stereocenters. The Labute approximate surface area is 199 Å². The summed E-state index contributed by atoms with van der Waals surface area (Å²) in [6, 6.07) is 14.8. The van der Waals surface area contributed by atoms with Gasteiger partial charge in [0.15, 0.2) is 0 Å². The molecule has 0 aliphatic carbocycles. The van der Waals surface area contributed by atoms with E-state index in [2.05, 4.69) is 5.32 Å². The fourth-order valence-corrected chi connectivity index (χ4v) is 3.75. The predicted molar refractivity (Wildman–Crippen MR) is 125 cm³/mol. The molecule has 10 nitrogen and oxygen atoms in total. The van der Waals surface area contributed by atoms with Crippen molar-refractivity contribution in [3.63, 3.8) is 0 Å². The average molecular weight is 475 g/mol. The summed E-state index contributed by atoms with van der Waals surface area (Å²) in [5.74, 6) is -1.01. The molecule has 0 spiro atoms. The number of urea groups is 1. The maximum atomic E-state index is 13.1. The van der Waals surface area contributed by atoms with E-state index in [4.69, 9.17) is 9.15 Å². The van der Waals surface area contributed by atoms with Gasteiger partial charge >= 0.3 is 6.03 Å². The molecule has 1 fully saturated rings. The van der Waals surface area contributed by atoms with Crippen LogP contribution in [0.1, 0.15) is 31.2 Å². The molecule has 178 valence electrons. The molecule has 1 atom stereocenters. The van der Waals surface area contributed by atoms with Crippen molar-refractivity contribution in [1.82, 2.24) is 10.2 Å². The zero-order valence-electron chi connectivity index (χ0n) is 18.9. The number of furan rings is 1. The quantitative estimate of drug-likeness (QED) is 0.231. The van der Waals surface area contributed by atoms with Crippen LogP contribution in [0.25, 0.3) is 17.4 Å². The molecule has 1 saturated heterocycles. The smallest absolute Gasteiger partial charge is 0.331 e. The monoisotopic (exact) mass is 475 g/mol. The molecule has 0 radical (unpaired) electrons. The summed E-state index contributed by atoms with van der Waals surface area (Å²) in [4.78, 5) is 50.0.